The zero-order valence-corrected chi connectivity index (χ0v) is 12.0. The van der Waals surface area contributed by atoms with Crippen molar-refractivity contribution in [2.45, 2.75) is 13.5 Å². The molecule has 3 aromatic rings. The van der Waals surface area contributed by atoms with Crippen LogP contribution in [0, 0.1) is 5.82 Å². The lowest BCUT2D eigenvalue weighted by molar-refractivity contribution is -0.143. The van der Waals surface area contributed by atoms with Gasteiger partial charge >= 0.3 is 5.97 Å². The van der Waals surface area contributed by atoms with E-state index in [2.05, 4.69) is 0 Å². The van der Waals surface area contributed by atoms with E-state index in [-0.39, 0.29) is 24.0 Å². The van der Waals surface area contributed by atoms with E-state index in [1.807, 2.05) is 0 Å². The van der Waals surface area contributed by atoms with Crippen molar-refractivity contribution >= 4 is 27.8 Å². The second-order valence-corrected chi connectivity index (χ2v) is 4.90. The zero-order valence-electron chi connectivity index (χ0n) is 12.0. The van der Waals surface area contributed by atoms with Crippen LogP contribution in [0.4, 0.5) is 4.39 Å². The van der Waals surface area contributed by atoms with Gasteiger partial charge in [-0.3, -0.25) is 9.59 Å². The number of para-hydroxylation sites is 1. The minimum Gasteiger partial charge on any atom is -0.465 e. The molecule has 0 radical (unpaired) electrons. The Morgan fingerprint density at radius 2 is 1.86 bits per heavy atom. The van der Waals surface area contributed by atoms with Crippen LogP contribution in [-0.4, -0.2) is 17.1 Å². The van der Waals surface area contributed by atoms with Crippen molar-refractivity contribution in [1.29, 1.82) is 0 Å². The van der Waals surface area contributed by atoms with Crippen molar-refractivity contribution in [3.05, 3.63) is 58.5 Å². The number of fused-ring (bicyclic) bond motifs is 2. The largest absolute Gasteiger partial charge is 0.465 e. The molecule has 0 fully saturated rings. The van der Waals surface area contributed by atoms with Crippen molar-refractivity contribution in [2.75, 3.05) is 6.61 Å². The van der Waals surface area contributed by atoms with Gasteiger partial charge < -0.3 is 9.30 Å². The van der Waals surface area contributed by atoms with E-state index in [0.717, 1.165) is 0 Å². The first-order chi connectivity index (χ1) is 10.6. The Kier molecular flexibility index (Phi) is 3.63. The zero-order chi connectivity index (χ0) is 15.7. The third-order valence-electron chi connectivity index (χ3n) is 3.53. The molecular formula is C17H14FNO3. The van der Waals surface area contributed by atoms with Gasteiger partial charge in [0.1, 0.15) is 12.4 Å². The van der Waals surface area contributed by atoms with Gasteiger partial charge in [-0.25, -0.2) is 4.39 Å². The number of halogens is 1. The van der Waals surface area contributed by atoms with Gasteiger partial charge in [0.05, 0.1) is 17.6 Å². The number of carbonyl (C=O) groups is 1. The van der Waals surface area contributed by atoms with E-state index in [1.54, 1.807) is 35.8 Å². The van der Waals surface area contributed by atoms with Gasteiger partial charge in [-0.05, 0) is 37.3 Å². The number of benzene rings is 2. The smallest absolute Gasteiger partial charge is 0.325 e. The van der Waals surface area contributed by atoms with E-state index < -0.39 is 11.8 Å². The number of esters is 1. The maximum absolute atomic E-state index is 13.5. The highest BCUT2D eigenvalue weighted by atomic mass is 19.1. The SMILES string of the molecule is CCOC(=O)Cn1c2ccccc2c(=O)c2cc(F)ccc21. The Morgan fingerprint density at radius 3 is 2.64 bits per heavy atom. The van der Waals surface area contributed by atoms with Crippen molar-refractivity contribution in [2.24, 2.45) is 0 Å². The van der Waals surface area contributed by atoms with Crippen LogP contribution < -0.4 is 5.43 Å². The fourth-order valence-electron chi connectivity index (χ4n) is 2.61. The van der Waals surface area contributed by atoms with E-state index in [4.69, 9.17) is 4.74 Å². The van der Waals surface area contributed by atoms with Crippen LogP contribution in [0.3, 0.4) is 0 Å². The Hall–Kier alpha value is -2.69. The highest BCUT2D eigenvalue weighted by Gasteiger charge is 2.14. The van der Waals surface area contributed by atoms with E-state index in [0.29, 0.717) is 16.4 Å². The summed E-state index contributed by atoms with van der Waals surface area (Å²) in [6.07, 6.45) is 0. The first-order valence-electron chi connectivity index (χ1n) is 6.98. The summed E-state index contributed by atoms with van der Waals surface area (Å²) < 4.78 is 20.2. The summed E-state index contributed by atoms with van der Waals surface area (Å²) in [7, 11) is 0. The monoisotopic (exact) mass is 299 g/mol. The molecule has 4 nitrogen and oxygen atoms in total. The minimum absolute atomic E-state index is 0.0310. The second kappa shape index (κ2) is 5.60. The number of carbonyl (C=O) groups excluding carboxylic acids is 1. The predicted molar refractivity (Wildman–Crippen MR) is 82.3 cm³/mol. The molecule has 0 bridgehead atoms. The number of hydrogen-bond acceptors (Lipinski definition) is 3. The number of pyridine rings is 1. The molecule has 0 aliphatic carbocycles. The third-order valence-corrected chi connectivity index (χ3v) is 3.53. The normalized spacial score (nSPS) is 11.0. The molecule has 2 aromatic carbocycles. The molecule has 5 heteroatoms. The molecule has 0 spiro atoms. The lowest BCUT2D eigenvalue weighted by Gasteiger charge is -2.14. The van der Waals surface area contributed by atoms with E-state index in [9.17, 15) is 14.0 Å². The van der Waals surface area contributed by atoms with Crippen LogP contribution in [0.1, 0.15) is 6.92 Å². The first kappa shape index (κ1) is 14.3. The molecule has 0 atom stereocenters. The maximum Gasteiger partial charge on any atom is 0.325 e. The summed E-state index contributed by atoms with van der Waals surface area (Å²) >= 11 is 0. The van der Waals surface area contributed by atoms with Gasteiger partial charge in [-0.2, -0.15) is 0 Å². The summed E-state index contributed by atoms with van der Waals surface area (Å²) in [5.41, 5.74) is 0.892. The molecule has 1 aromatic heterocycles. The lowest BCUT2D eigenvalue weighted by atomic mass is 10.1. The number of ether oxygens (including phenoxy) is 1. The Balaban J connectivity index is 2.37. The summed E-state index contributed by atoms with van der Waals surface area (Å²) in [6, 6.07) is 11.0. The van der Waals surface area contributed by atoms with Gasteiger partial charge in [0, 0.05) is 10.8 Å². The summed E-state index contributed by atoms with van der Waals surface area (Å²) in [6.45, 7) is 1.98. The Morgan fingerprint density at radius 1 is 1.14 bits per heavy atom. The number of hydrogen-bond donors (Lipinski definition) is 0. The highest BCUT2D eigenvalue weighted by molar-refractivity contribution is 5.94. The van der Waals surface area contributed by atoms with Gasteiger partial charge in [0.2, 0.25) is 0 Å². The fraction of sp³-hybridized carbons (Fsp3) is 0.176. The summed E-state index contributed by atoms with van der Waals surface area (Å²) in [4.78, 5) is 24.4. The van der Waals surface area contributed by atoms with Crippen LogP contribution in [0.2, 0.25) is 0 Å². The fourth-order valence-corrected chi connectivity index (χ4v) is 2.61. The van der Waals surface area contributed by atoms with E-state index in [1.165, 1.54) is 18.2 Å². The third kappa shape index (κ3) is 2.35. The molecule has 0 saturated carbocycles. The van der Waals surface area contributed by atoms with Gasteiger partial charge in [0.15, 0.2) is 5.43 Å². The minimum atomic E-state index is -0.484. The van der Waals surface area contributed by atoms with E-state index >= 15 is 0 Å². The van der Waals surface area contributed by atoms with Crippen LogP contribution in [-0.2, 0) is 16.1 Å². The van der Waals surface area contributed by atoms with Crippen molar-refractivity contribution in [3.8, 4) is 0 Å². The molecule has 3 rings (SSSR count). The molecule has 0 N–H and O–H groups in total. The molecule has 0 aliphatic rings. The average molecular weight is 299 g/mol. The number of nitrogens with zero attached hydrogens (tertiary/aromatic N) is 1. The van der Waals surface area contributed by atoms with Crippen LogP contribution in [0.25, 0.3) is 21.8 Å². The quantitative estimate of drug-likeness (QED) is 0.552. The van der Waals surface area contributed by atoms with Crippen LogP contribution >= 0.6 is 0 Å². The second-order valence-electron chi connectivity index (χ2n) is 4.90. The predicted octanol–water partition coefficient (Wildman–Crippen LogP) is 2.86. The molecule has 0 aliphatic heterocycles. The van der Waals surface area contributed by atoms with Crippen molar-refractivity contribution in [1.82, 2.24) is 4.57 Å². The topological polar surface area (TPSA) is 48.3 Å². The molecule has 112 valence electrons. The number of aromatic nitrogens is 1. The lowest BCUT2D eigenvalue weighted by Crippen LogP contribution is -2.18. The number of rotatable bonds is 3. The first-order valence-corrected chi connectivity index (χ1v) is 6.98. The van der Waals surface area contributed by atoms with Gasteiger partial charge in [0.25, 0.3) is 0 Å². The molecule has 0 amide bonds. The average Bonchev–Trinajstić information content (AvgIpc) is 2.52. The molecule has 0 unspecified atom stereocenters. The highest BCUT2D eigenvalue weighted by Crippen LogP contribution is 2.20. The molecule has 0 saturated heterocycles. The van der Waals surface area contributed by atoms with Crippen LogP contribution in [0.15, 0.2) is 47.3 Å². The Labute approximate surface area is 125 Å². The van der Waals surface area contributed by atoms with Crippen molar-refractivity contribution in [3.63, 3.8) is 0 Å². The van der Waals surface area contributed by atoms with Gasteiger partial charge in [-0.1, -0.05) is 12.1 Å². The standard InChI is InChI=1S/C17H14FNO3/c1-2-22-16(20)10-19-14-6-4-3-5-12(14)17(21)13-9-11(18)7-8-15(13)19/h3-9H,2,10H2,1H3. The summed E-state index contributed by atoms with van der Waals surface area (Å²) in [5.74, 6) is -0.885. The maximum atomic E-state index is 13.5. The van der Waals surface area contributed by atoms with Crippen LogP contribution in [0.5, 0.6) is 0 Å². The molecule has 1 heterocycles. The molecule has 22 heavy (non-hydrogen) atoms. The van der Waals surface area contributed by atoms with Crippen molar-refractivity contribution < 1.29 is 13.9 Å². The molecular weight excluding hydrogens is 285 g/mol. The van der Waals surface area contributed by atoms with Gasteiger partial charge in [-0.15, -0.1) is 0 Å². The summed E-state index contributed by atoms with van der Waals surface area (Å²) in [5, 5.41) is 0.702. The Bertz CT molecular complexity index is 930.